The van der Waals surface area contributed by atoms with Crippen molar-refractivity contribution in [3.05, 3.63) is 29.5 Å². The van der Waals surface area contributed by atoms with Crippen LogP contribution in [0.1, 0.15) is 0 Å². The Morgan fingerprint density at radius 3 is 2.93 bits per heavy atom. The standard InChI is InChI=1S/C8H8BrN5/c1-10-7-6(9)8(13-4-12-7)14-3-2-11-5-14/h2-5H,1H3,(H,10,12,13). The number of imidazole rings is 1. The van der Waals surface area contributed by atoms with Crippen molar-refractivity contribution >= 4 is 21.7 Å². The lowest BCUT2D eigenvalue weighted by molar-refractivity contribution is 0.961. The van der Waals surface area contributed by atoms with Gasteiger partial charge in [-0.1, -0.05) is 0 Å². The molecule has 0 saturated carbocycles. The molecule has 0 aromatic carbocycles. The first kappa shape index (κ1) is 9.14. The van der Waals surface area contributed by atoms with Gasteiger partial charge in [0, 0.05) is 19.4 Å². The summed E-state index contributed by atoms with van der Waals surface area (Å²) in [5.74, 6) is 1.52. The van der Waals surface area contributed by atoms with Gasteiger partial charge >= 0.3 is 0 Å². The minimum Gasteiger partial charge on any atom is -0.372 e. The van der Waals surface area contributed by atoms with E-state index >= 15 is 0 Å². The van der Waals surface area contributed by atoms with Crippen LogP contribution >= 0.6 is 15.9 Å². The molecule has 5 nitrogen and oxygen atoms in total. The Labute approximate surface area is 89.3 Å². The Kier molecular flexibility index (Phi) is 2.45. The van der Waals surface area contributed by atoms with E-state index in [4.69, 9.17) is 0 Å². The monoisotopic (exact) mass is 253 g/mol. The van der Waals surface area contributed by atoms with Gasteiger partial charge in [-0.25, -0.2) is 15.0 Å². The lowest BCUT2D eigenvalue weighted by Crippen LogP contribution is -2.01. The van der Waals surface area contributed by atoms with Crippen LogP contribution < -0.4 is 5.32 Å². The van der Waals surface area contributed by atoms with Crippen LogP contribution in [-0.4, -0.2) is 26.6 Å². The van der Waals surface area contributed by atoms with E-state index in [2.05, 4.69) is 36.2 Å². The molecule has 0 aliphatic rings. The van der Waals surface area contributed by atoms with Gasteiger partial charge in [-0.15, -0.1) is 0 Å². The Balaban J connectivity index is 2.54. The quantitative estimate of drug-likeness (QED) is 0.881. The van der Waals surface area contributed by atoms with Gasteiger partial charge in [-0.05, 0) is 15.9 Å². The Morgan fingerprint density at radius 1 is 1.43 bits per heavy atom. The largest absolute Gasteiger partial charge is 0.372 e. The van der Waals surface area contributed by atoms with Crippen molar-refractivity contribution in [1.82, 2.24) is 19.5 Å². The second kappa shape index (κ2) is 3.75. The summed E-state index contributed by atoms with van der Waals surface area (Å²) in [5.41, 5.74) is 0. The fourth-order valence-electron chi connectivity index (χ4n) is 1.10. The first-order chi connectivity index (χ1) is 6.83. The number of hydrogen-bond acceptors (Lipinski definition) is 4. The smallest absolute Gasteiger partial charge is 0.157 e. The molecule has 6 heteroatoms. The van der Waals surface area contributed by atoms with E-state index in [0.717, 1.165) is 16.1 Å². The van der Waals surface area contributed by atoms with Crippen LogP contribution in [0.4, 0.5) is 5.82 Å². The maximum atomic E-state index is 4.15. The minimum absolute atomic E-state index is 0.753. The predicted molar refractivity (Wildman–Crippen MR) is 56.4 cm³/mol. The number of rotatable bonds is 2. The molecule has 0 aliphatic carbocycles. The van der Waals surface area contributed by atoms with Crippen molar-refractivity contribution < 1.29 is 0 Å². The third-order valence-electron chi connectivity index (χ3n) is 1.76. The summed E-state index contributed by atoms with van der Waals surface area (Å²) in [6.07, 6.45) is 6.72. The van der Waals surface area contributed by atoms with Gasteiger partial charge in [0.05, 0.1) is 0 Å². The fraction of sp³-hybridized carbons (Fsp3) is 0.125. The third-order valence-corrected chi connectivity index (χ3v) is 2.49. The summed E-state index contributed by atoms with van der Waals surface area (Å²) in [4.78, 5) is 12.2. The number of nitrogens with zero attached hydrogens (tertiary/aromatic N) is 4. The zero-order chi connectivity index (χ0) is 9.97. The highest BCUT2D eigenvalue weighted by Crippen LogP contribution is 2.24. The van der Waals surface area contributed by atoms with Gasteiger partial charge in [-0.2, -0.15) is 0 Å². The lowest BCUT2D eigenvalue weighted by Gasteiger charge is -2.06. The highest BCUT2D eigenvalue weighted by Gasteiger charge is 2.07. The van der Waals surface area contributed by atoms with Gasteiger partial charge in [0.2, 0.25) is 0 Å². The summed E-state index contributed by atoms with van der Waals surface area (Å²) in [6, 6.07) is 0. The average Bonchev–Trinajstić information content (AvgIpc) is 2.71. The SMILES string of the molecule is CNc1ncnc(-n2ccnc2)c1Br. The van der Waals surface area contributed by atoms with Crippen molar-refractivity contribution in [1.29, 1.82) is 0 Å². The Bertz CT molecular complexity index is 425. The molecule has 2 heterocycles. The molecule has 0 saturated heterocycles. The zero-order valence-corrected chi connectivity index (χ0v) is 9.06. The number of nitrogens with one attached hydrogen (secondary N) is 1. The molecular weight excluding hydrogens is 246 g/mol. The fourth-order valence-corrected chi connectivity index (χ4v) is 1.71. The molecule has 0 atom stereocenters. The molecule has 0 bridgehead atoms. The highest BCUT2D eigenvalue weighted by molar-refractivity contribution is 9.10. The topological polar surface area (TPSA) is 55.6 Å². The minimum atomic E-state index is 0.753. The Morgan fingerprint density at radius 2 is 2.29 bits per heavy atom. The molecule has 72 valence electrons. The molecule has 0 amide bonds. The summed E-state index contributed by atoms with van der Waals surface area (Å²) >= 11 is 3.43. The molecule has 2 aromatic heterocycles. The van der Waals surface area contributed by atoms with E-state index in [0.29, 0.717) is 0 Å². The van der Waals surface area contributed by atoms with E-state index in [1.165, 1.54) is 6.33 Å². The van der Waals surface area contributed by atoms with Gasteiger partial charge in [0.25, 0.3) is 0 Å². The summed E-state index contributed by atoms with van der Waals surface area (Å²) in [7, 11) is 1.81. The van der Waals surface area contributed by atoms with Crippen molar-refractivity contribution in [2.24, 2.45) is 0 Å². The van der Waals surface area contributed by atoms with Crippen molar-refractivity contribution in [2.75, 3.05) is 12.4 Å². The number of halogens is 1. The summed E-state index contributed by atoms with van der Waals surface area (Å²) < 4.78 is 2.63. The molecule has 2 aromatic rings. The first-order valence-electron chi connectivity index (χ1n) is 3.99. The van der Waals surface area contributed by atoms with Crippen LogP contribution in [0.2, 0.25) is 0 Å². The van der Waals surface area contributed by atoms with Gasteiger partial charge in [-0.3, -0.25) is 4.57 Å². The van der Waals surface area contributed by atoms with Gasteiger partial charge in [0.15, 0.2) is 5.82 Å². The maximum Gasteiger partial charge on any atom is 0.157 e. The van der Waals surface area contributed by atoms with Crippen LogP contribution in [0.3, 0.4) is 0 Å². The van der Waals surface area contributed by atoms with Crippen LogP contribution in [0, 0.1) is 0 Å². The van der Waals surface area contributed by atoms with Crippen molar-refractivity contribution in [2.45, 2.75) is 0 Å². The highest BCUT2D eigenvalue weighted by atomic mass is 79.9. The molecule has 0 aliphatic heterocycles. The maximum absolute atomic E-state index is 4.15. The molecule has 0 unspecified atom stereocenters. The normalized spacial score (nSPS) is 10.1. The second-order valence-electron chi connectivity index (χ2n) is 2.58. The molecule has 14 heavy (non-hydrogen) atoms. The summed E-state index contributed by atoms with van der Waals surface area (Å²) in [5, 5.41) is 2.97. The lowest BCUT2D eigenvalue weighted by atomic mass is 10.5. The zero-order valence-electron chi connectivity index (χ0n) is 7.48. The van der Waals surface area contributed by atoms with E-state index in [9.17, 15) is 0 Å². The molecule has 0 fully saturated rings. The van der Waals surface area contributed by atoms with Crippen LogP contribution in [0.5, 0.6) is 0 Å². The van der Waals surface area contributed by atoms with E-state index in [-0.39, 0.29) is 0 Å². The predicted octanol–water partition coefficient (Wildman–Crippen LogP) is 1.47. The van der Waals surface area contributed by atoms with Crippen molar-refractivity contribution in [3.8, 4) is 5.82 Å². The molecule has 1 N–H and O–H groups in total. The number of anilines is 1. The molecular formula is C8H8BrN5. The first-order valence-corrected chi connectivity index (χ1v) is 4.79. The number of hydrogen-bond donors (Lipinski definition) is 1. The Hall–Kier alpha value is -1.43. The van der Waals surface area contributed by atoms with E-state index in [1.54, 1.807) is 12.5 Å². The van der Waals surface area contributed by atoms with Gasteiger partial charge in [0.1, 0.15) is 22.9 Å². The van der Waals surface area contributed by atoms with Crippen LogP contribution in [0.25, 0.3) is 5.82 Å². The van der Waals surface area contributed by atoms with Gasteiger partial charge < -0.3 is 5.32 Å². The molecule has 0 radical (unpaired) electrons. The third kappa shape index (κ3) is 1.48. The second-order valence-corrected chi connectivity index (χ2v) is 3.37. The van der Waals surface area contributed by atoms with Crippen LogP contribution in [-0.2, 0) is 0 Å². The van der Waals surface area contributed by atoms with Crippen LogP contribution in [0.15, 0.2) is 29.5 Å². The number of aromatic nitrogens is 4. The molecule has 2 rings (SSSR count). The molecule has 0 spiro atoms. The van der Waals surface area contributed by atoms with E-state index < -0.39 is 0 Å². The average molecular weight is 254 g/mol. The summed E-state index contributed by atoms with van der Waals surface area (Å²) in [6.45, 7) is 0. The van der Waals surface area contributed by atoms with E-state index in [1.807, 2.05) is 17.8 Å². The van der Waals surface area contributed by atoms with Crippen molar-refractivity contribution in [3.63, 3.8) is 0 Å².